The van der Waals surface area contributed by atoms with E-state index in [4.69, 9.17) is 4.74 Å². The smallest absolute Gasteiger partial charge is 0.235 e. The van der Waals surface area contributed by atoms with Crippen molar-refractivity contribution in [2.24, 2.45) is 0 Å². The molecule has 0 aromatic carbocycles. The summed E-state index contributed by atoms with van der Waals surface area (Å²) in [6.45, 7) is 4.55. The highest BCUT2D eigenvalue weighted by atomic mass is 16.5. The predicted octanol–water partition coefficient (Wildman–Crippen LogP) is 0.829. The zero-order valence-electron chi connectivity index (χ0n) is 10.7. The summed E-state index contributed by atoms with van der Waals surface area (Å²) >= 11 is 0. The van der Waals surface area contributed by atoms with Crippen molar-refractivity contribution in [1.82, 2.24) is 9.88 Å². The Morgan fingerprint density at radius 3 is 2.68 bits per heavy atom. The van der Waals surface area contributed by atoms with E-state index in [9.17, 15) is 9.59 Å². The number of rotatable bonds is 1. The largest absolute Gasteiger partial charge is 0.378 e. The fourth-order valence-corrected chi connectivity index (χ4v) is 2.37. The third-order valence-corrected chi connectivity index (χ3v) is 3.37. The first-order valence-electron chi connectivity index (χ1n) is 6.28. The Morgan fingerprint density at radius 2 is 1.95 bits per heavy atom. The number of ketones is 2. The molecule has 0 saturated carbocycles. The third kappa shape index (κ3) is 2.06. The lowest BCUT2D eigenvalue weighted by molar-refractivity contribution is -0.111. The van der Waals surface area contributed by atoms with Gasteiger partial charge in [-0.2, -0.15) is 0 Å². The normalized spacial score (nSPS) is 19.2. The highest BCUT2D eigenvalue weighted by Gasteiger charge is 2.30. The van der Waals surface area contributed by atoms with Crippen molar-refractivity contribution in [3.05, 3.63) is 35.2 Å². The Morgan fingerprint density at radius 1 is 1.21 bits per heavy atom. The molecule has 0 unspecified atom stereocenters. The summed E-state index contributed by atoms with van der Waals surface area (Å²) in [6, 6.07) is 3.44. The molecular formula is C14H14N2O3. The highest BCUT2D eigenvalue weighted by Crippen LogP contribution is 2.27. The Kier molecular flexibility index (Phi) is 2.91. The van der Waals surface area contributed by atoms with Crippen LogP contribution in [0.3, 0.4) is 0 Å². The Hall–Kier alpha value is -2.01. The van der Waals surface area contributed by atoms with Crippen LogP contribution in [0.2, 0.25) is 0 Å². The molecule has 0 bridgehead atoms. The van der Waals surface area contributed by atoms with Crippen LogP contribution in [-0.2, 0) is 9.53 Å². The van der Waals surface area contributed by atoms with E-state index < -0.39 is 11.6 Å². The third-order valence-electron chi connectivity index (χ3n) is 3.37. The lowest BCUT2D eigenvalue weighted by Crippen LogP contribution is -2.37. The second kappa shape index (κ2) is 4.59. The molecule has 1 fully saturated rings. The number of morpholine rings is 1. The van der Waals surface area contributed by atoms with Crippen molar-refractivity contribution in [3.63, 3.8) is 0 Å². The van der Waals surface area contributed by atoms with E-state index in [-0.39, 0.29) is 0 Å². The van der Waals surface area contributed by atoms with Crippen LogP contribution in [0.1, 0.15) is 21.7 Å². The van der Waals surface area contributed by atoms with Crippen molar-refractivity contribution >= 4 is 17.3 Å². The maximum atomic E-state index is 11.9. The Bertz CT molecular complexity index is 586. The fraction of sp³-hybridized carbons (Fsp3) is 0.357. The topological polar surface area (TPSA) is 59.5 Å². The fourth-order valence-electron chi connectivity index (χ4n) is 2.37. The molecule has 1 aliphatic heterocycles. The zero-order chi connectivity index (χ0) is 13.4. The molecular weight excluding hydrogens is 244 g/mol. The van der Waals surface area contributed by atoms with Crippen LogP contribution in [0.25, 0.3) is 5.70 Å². The molecule has 5 nitrogen and oxygen atoms in total. The van der Waals surface area contributed by atoms with E-state index in [2.05, 4.69) is 9.88 Å². The van der Waals surface area contributed by atoms with E-state index in [1.807, 2.05) is 6.92 Å². The van der Waals surface area contributed by atoms with Crippen molar-refractivity contribution in [2.75, 3.05) is 26.3 Å². The van der Waals surface area contributed by atoms with Crippen LogP contribution in [0, 0.1) is 6.92 Å². The molecule has 1 saturated heterocycles. The molecule has 0 spiro atoms. The van der Waals surface area contributed by atoms with Crippen LogP contribution in [0.15, 0.2) is 18.2 Å². The first-order chi connectivity index (χ1) is 9.16. The second-order valence-corrected chi connectivity index (χ2v) is 4.67. The summed E-state index contributed by atoms with van der Waals surface area (Å²) in [6.07, 6.45) is 1.41. The van der Waals surface area contributed by atoms with Crippen molar-refractivity contribution in [3.8, 4) is 0 Å². The van der Waals surface area contributed by atoms with Gasteiger partial charge in [0.25, 0.3) is 0 Å². The van der Waals surface area contributed by atoms with Gasteiger partial charge in [0.05, 0.1) is 30.2 Å². The Balaban J connectivity index is 2.08. The van der Waals surface area contributed by atoms with Gasteiger partial charge in [-0.3, -0.25) is 14.6 Å². The van der Waals surface area contributed by atoms with Gasteiger partial charge in [0.2, 0.25) is 11.6 Å². The lowest BCUT2D eigenvalue weighted by Gasteiger charge is -2.32. The zero-order valence-corrected chi connectivity index (χ0v) is 10.7. The number of aryl methyl sites for hydroxylation is 1. The monoisotopic (exact) mass is 258 g/mol. The average molecular weight is 258 g/mol. The van der Waals surface area contributed by atoms with Gasteiger partial charge in [0.15, 0.2) is 0 Å². The van der Waals surface area contributed by atoms with Gasteiger partial charge >= 0.3 is 0 Å². The van der Waals surface area contributed by atoms with E-state index >= 15 is 0 Å². The quantitative estimate of drug-likeness (QED) is 0.698. The first kappa shape index (κ1) is 12.0. The molecule has 0 amide bonds. The summed E-state index contributed by atoms with van der Waals surface area (Å²) < 4.78 is 5.31. The first-order valence-corrected chi connectivity index (χ1v) is 6.28. The molecule has 19 heavy (non-hydrogen) atoms. The van der Waals surface area contributed by atoms with Gasteiger partial charge in [0.1, 0.15) is 0 Å². The van der Waals surface area contributed by atoms with Gasteiger partial charge in [-0.25, -0.2) is 0 Å². The van der Waals surface area contributed by atoms with Gasteiger partial charge in [0, 0.05) is 24.9 Å². The number of carbonyl (C=O) groups is 2. The standard InChI is InChI=1S/C14H14N2O3/c1-9-2-3-10-13(15-9)11(8-12(17)14(10)18)16-4-6-19-7-5-16/h2-3,8H,4-7H2,1H3. The minimum atomic E-state index is -0.473. The van der Waals surface area contributed by atoms with Crippen molar-refractivity contribution in [1.29, 1.82) is 0 Å². The number of allylic oxidation sites excluding steroid dienone is 1. The molecule has 98 valence electrons. The molecule has 3 rings (SSSR count). The van der Waals surface area contributed by atoms with Crippen molar-refractivity contribution < 1.29 is 14.3 Å². The summed E-state index contributed by atoms with van der Waals surface area (Å²) in [7, 11) is 0. The molecule has 2 aliphatic rings. The highest BCUT2D eigenvalue weighted by molar-refractivity contribution is 6.50. The Labute approximate surface area is 110 Å². The molecule has 5 heteroatoms. The number of fused-ring (bicyclic) bond motifs is 1. The molecule has 2 heterocycles. The van der Waals surface area contributed by atoms with Crippen LogP contribution in [-0.4, -0.2) is 47.8 Å². The number of aromatic nitrogens is 1. The average Bonchev–Trinajstić information content (AvgIpc) is 2.43. The summed E-state index contributed by atoms with van der Waals surface area (Å²) in [5.41, 5.74) is 2.60. The summed E-state index contributed by atoms with van der Waals surface area (Å²) in [5, 5.41) is 0. The molecule has 0 atom stereocenters. The number of carbonyl (C=O) groups excluding carboxylic acids is 2. The van der Waals surface area contributed by atoms with E-state index in [1.54, 1.807) is 12.1 Å². The SMILES string of the molecule is Cc1ccc2c(n1)C(N1CCOCC1)=CC(=O)C2=O. The minimum absolute atomic E-state index is 0.402. The second-order valence-electron chi connectivity index (χ2n) is 4.67. The number of nitrogens with zero attached hydrogens (tertiary/aromatic N) is 2. The maximum Gasteiger partial charge on any atom is 0.235 e. The van der Waals surface area contributed by atoms with E-state index in [1.165, 1.54) is 6.08 Å². The van der Waals surface area contributed by atoms with Gasteiger partial charge in [-0.1, -0.05) is 0 Å². The maximum absolute atomic E-state index is 11.9. The van der Waals surface area contributed by atoms with E-state index in [0.29, 0.717) is 37.6 Å². The number of hydrogen-bond acceptors (Lipinski definition) is 5. The molecule has 1 aromatic heterocycles. The van der Waals surface area contributed by atoms with Crippen LogP contribution in [0.5, 0.6) is 0 Å². The summed E-state index contributed by atoms with van der Waals surface area (Å²) in [4.78, 5) is 30.1. The molecule has 1 aliphatic carbocycles. The molecule has 1 aromatic rings. The van der Waals surface area contributed by atoms with Gasteiger partial charge in [-0.05, 0) is 19.1 Å². The van der Waals surface area contributed by atoms with Crippen molar-refractivity contribution in [2.45, 2.75) is 6.92 Å². The van der Waals surface area contributed by atoms with E-state index in [0.717, 1.165) is 11.4 Å². The summed E-state index contributed by atoms with van der Waals surface area (Å²) in [5.74, 6) is -0.945. The number of ether oxygens (including phenoxy) is 1. The number of pyridine rings is 1. The van der Waals surface area contributed by atoms with Gasteiger partial charge < -0.3 is 9.64 Å². The van der Waals surface area contributed by atoms with Crippen LogP contribution >= 0.6 is 0 Å². The number of hydrogen-bond donors (Lipinski definition) is 0. The van der Waals surface area contributed by atoms with Gasteiger partial charge in [-0.15, -0.1) is 0 Å². The van der Waals surface area contributed by atoms with Crippen LogP contribution < -0.4 is 0 Å². The minimum Gasteiger partial charge on any atom is -0.378 e. The lowest BCUT2D eigenvalue weighted by atomic mass is 9.96. The molecule has 0 radical (unpaired) electrons. The van der Waals surface area contributed by atoms with Crippen LogP contribution in [0.4, 0.5) is 0 Å². The predicted molar refractivity (Wildman–Crippen MR) is 68.7 cm³/mol. The number of Topliss-reactive ketones (excluding diaryl/α,β-unsaturated/α-hetero) is 1. The molecule has 0 N–H and O–H groups in total.